The smallest absolute Gasteiger partial charge is 0.326 e. The number of hydroxylamine groups is 1. The summed E-state index contributed by atoms with van der Waals surface area (Å²) in [5.74, 6) is 0.624. The Morgan fingerprint density at radius 1 is 0.922 bits per heavy atom. The number of piperazine rings is 1. The molecule has 3 aromatic carbocycles. The normalized spacial score (nSPS) is 18.4. The predicted octanol–water partition coefficient (Wildman–Crippen LogP) is 5.72. The van der Waals surface area contributed by atoms with Gasteiger partial charge >= 0.3 is 6.03 Å². The van der Waals surface area contributed by atoms with Crippen molar-refractivity contribution in [3.8, 4) is 5.75 Å². The first-order chi connectivity index (χ1) is 24.3. The van der Waals surface area contributed by atoms with E-state index >= 15 is 0 Å². The fraction of sp³-hybridized carbons (Fsp3) is 0.417. The summed E-state index contributed by atoms with van der Waals surface area (Å²) in [4.78, 5) is 45.1. The minimum Gasteiger partial charge on any atom is -0.493 e. The number of aliphatic imine (C=N–C) groups is 1. The third-order valence-electron chi connectivity index (χ3n) is 9.25. The minimum absolute atomic E-state index is 0.0183. The molecule has 0 aliphatic carbocycles. The Kier molecular flexibility index (Phi) is 12.3. The molecule has 3 amide bonds. The number of amidine groups is 1. The summed E-state index contributed by atoms with van der Waals surface area (Å²) in [6.45, 7) is 8.03. The summed E-state index contributed by atoms with van der Waals surface area (Å²) in [5.41, 5.74) is 1.89. The molecule has 2 atom stereocenters. The molecule has 12 nitrogen and oxygen atoms in total. The van der Waals surface area contributed by atoms with Crippen LogP contribution in [0.2, 0.25) is 10.0 Å². The van der Waals surface area contributed by atoms with E-state index in [4.69, 9.17) is 37.8 Å². The lowest BCUT2D eigenvalue weighted by atomic mass is 9.93. The van der Waals surface area contributed by atoms with Crippen molar-refractivity contribution in [1.29, 1.82) is 0 Å². The van der Waals surface area contributed by atoms with E-state index in [9.17, 15) is 18.0 Å². The van der Waals surface area contributed by atoms with Crippen LogP contribution in [0.5, 0.6) is 5.75 Å². The molecular weight excluding hydrogens is 715 g/mol. The summed E-state index contributed by atoms with van der Waals surface area (Å²) >= 11 is 12.6. The summed E-state index contributed by atoms with van der Waals surface area (Å²) in [6.07, 6.45) is 0. The summed E-state index contributed by atoms with van der Waals surface area (Å²) in [5, 5.41) is 1.08. The molecule has 0 saturated carbocycles. The summed E-state index contributed by atoms with van der Waals surface area (Å²) in [7, 11) is 0.277. The summed E-state index contributed by atoms with van der Waals surface area (Å²) < 4.78 is 33.7. The van der Waals surface area contributed by atoms with Crippen LogP contribution in [0.1, 0.15) is 49.5 Å². The van der Waals surface area contributed by atoms with Crippen molar-refractivity contribution < 1.29 is 27.6 Å². The quantitative estimate of drug-likeness (QED) is 0.230. The third-order valence-corrected chi connectivity index (χ3v) is 11.4. The second-order valence-corrected chi connectivity index (χ2v) is 15.5. The van der Waals surface area contributed by atoms with Crippen molar-refractivity contribution in [3.05, 3.63) is 93.5 Å². The number of benzene rings is 3. The average molecular weight is 760 g/mol. The molecule has 2 aliphatic heterocycles. The van der Waals surface area contributed by atoms with Gasteiger partial charge in [-0.15, -0.1) is 0 Å². The number of ether oxygens (including phenoxy) is 1. The maximum atomic E-state index is 14.9. The molecule has 51 heavy (non-hydrogen) atoms. The highest BCUT2D eigenvalue weighted by molar-refractivity contribution is 7.89. The largest absolute Gasteiger partial charge is 0.493 e. The molecule has 1 saturated heterocycles. The van der Waals surface area contributed by atoms with Gasteiger partial charge in [0.1, 0.15) is 17.6 Å². The van der Waals surface area contributed by atoms with Crippen LogP contribution in [-0.2, 0) is 19.7 Å². The molecule has 0 radical (unpaired) electrons. The highest BCUT2D eigenvalue weighted by Crippen LogP contribution is 2.46. The first kappa shape index (κ1) is 38.5. The van der Waals surface area contributed by atoms with E-state index in [1.165, 1.54) is 26.3 Å². The number of urea groups is 1. The van der Waals surface area contributed by atoms with Crippen LogP contribution in [-0.4, -0.2) is 117 Å². The van der Waals surface area contributed by atoms with Crippen molar-refractivity contribution in [2.45, 2.75) is 43.8 Å². The van der Waals surface area contributed by atoms with Gasteiger partial charge in [0.25, 0.3) is 10.0 Å². The van der Waals surface area contributed by atoms with Crippen molar-refractivity contribution in [2.75, 3.05) is 60.5 Å². The lowest BCUT2D eigenvalue weighted by molar-refractivity contribution is -0.132. The number of likely N-dealkylation sites (N-methyl/N-ethyl adjacent to an activating group) is 1. The van der Waals surface area contributed by atoms with Gasteiger partial charge in [0, 0.05) is 56.4 Å². The number of nitrogens with zero attached hydrogens (tertiary/aromatic N) is 6. The highest BCUT2D eigenvalue weighted by atomic mass is 35.5. The Morgan fingerprint density at radius 3 is 2.06 bits per heavy atom. The maximum absolute atomic E-state index is 14.9. The zero-order valence-electron chi connectivity index (χ0n) is 29.6. The van der Waals surface area contributed by atoms with Gasteiger partial charge in [-0.3, -0.25) is 24.4 Å². The molecule has 0 N–H and O–H groups in total. The molecule has 15 heteroatoms. The molecule has 5 rings (SSSR count). The molecule has 2 heterocycles. The maximum Gasteiger partial charge on any atom is 0.326 e. The van der Waals surface area contributed by atoms with E-state index in [0.717, 1.165) is 15.6 Å². The topological polar surface area (TPSA) is 115 Å². The van der Waals surface area contributed by atoms with E-state index in [1.807, 2.05) is 49.9 Å². The number of halogens is 2. The van der Waals surface area contributed by atoms with E-state index in [0.29, 0.717) is 47.5 Å². The van der Waals surface area contributed by atoms with Crippen LogP contribution in [0.15, 0.2) is 76.6 Å². The van der Waals surface area contributed by atoms with Crippen molar-refractivity contribution in [3.63, 3.8) is 0 Å². The van der Waals surface area contributed by atoms with Gasteiger partial charge in [0.05, 0.1) is 36.8 Å². The zero-order chi connectivity index (χ0) is 37.0. The lowest BCUT2D eigenvalue weighted by Gasteiger charge is -2.39. The lowest BCUT2D eigenvalue weighted by Crippen LogP contribution is -2.55. The molecule has 2 aliphatic rings. The van der Waals surface area contributed by atoms with Crippen LogP contribution >= 0.6 is 23.2 Å². The van der Waals surface area contributed by atoms with Gasteiger partial charge in [-0.1, -0.05) is 51.9 Å². The van der Waals surface area contributed by atoms with Gasteiger partial charge < -0.3 is 14.5 Å². The van der Waals surface area contributed by atoms with Gasteiger partial charge in [-0.25, -0.2) is 13.2 Å². The van der Waals surface area contributed by atoms with Crippen molar-refractivity contribution in [2.24, 2.45) is 4.99 Å². The number of amides is 3. The monoisotopic (exact) mass is 758 g/mol. The number of carbonyl (C=O) groups is 2. The standard InChI is InChI=1S/C36H44Cl2N6O6S/c1-7-50-31-17-16-29(51(47,48)41(5)49-6)22-30(31)35-39-33(25-8-12-27(37)13-9-25)34(26-10-14-28(38)15-11-26)44(35)36(46)43-20-18-42(19-21-43)23-32(45)40(4)24(2)3/h8-17,22,24,33-34H,7,18-21,23H2,1-6H3/t33-,34+/m0/s1. The minimum atomic E-state index is -4.08. The highest BCUT2D eigenvalue weighted by Gasteiger charge is 2.45. The predicted molar refractivity (Wildman–Crippen MR) is 198 cm³/mol. The molecule has 0 aromatic heterocycles. The Morgan fingerprint density at radius 2 is 1.51 bits per heavy atom. The molecule has 274 valence electrons. The van der Waals surface area contributed by atoms with Gasteiger partial charge in [0.15, 0.2) is 0 Å². The Bertz CT molecular complexity index is 1850. The second kappa shape index (κ2) is 16.3. The Hall–Kier alpha value is -3.72. The number of carbonyl (C=O) groups excluding carboxylic acids is 2. The number of hydrogen-bond donors (Lipinski definition) is 0. The van der Waals surface area contributed by atoms with Crippen LogP contribution in [0.25, 0.3) is 0 Å². The fourth-order valence-electron chi connectivity index (χ4n) is 6.07. The van der Waals surface area contributed by atoms with Crippen LogP contribution in [0, 0.1) is 0 Å². The first-order valence-corrected chi connectivity index (χ1v) is 18.9. The zero-order valence-corrected chi connectivity index (χ0v) is 32.0. The summed E-state index contributed by atoms with van der Waals surface area (Å²) in [6, 6.07) is 17.5. The van der Waals surface area contributed by atoms with Gasteiger partial charge in [-0.2, -0.15) is 0 Å². The van der Waals surface area contributed by atoms with Crippen LogP contribution in [0.3, 0.4) is 0 Å². The molecule has 0 bridgehead atoms. The molecule has 3 aromatic rings. The first-order valence-electron chi connectivity index (χ1n) is 16.7. The van der Waals surface area contributed by atoms with E-state index < -0.39 is 22.1 Å². The van der Waals surface area contributed by atoms with Crippen LogP contribution < -0.4 is 4.74 Å². The SMILES string of the molecule is CCOc1ccc(S(=O)(=O)N(C)OC)cc1C1=N[C@@H](c2ccc(Cl)cc2)[C@@H](c2ccc(Cl)cc2)N1C(=O)N1CCN(CC(=O)N(C)C(C)C)CC1. The number of sulfonamides is 1. The van der Waals surface area contributed by atoms with Gasteiger partial charge in [0.2, 0.25) is 5.91 Å². The Balaban J connectivity index is 1.62. The van der Waals surface area contributed by atoms with E-state index in [1.54, 1.807) is 52.1 Å². The van der Waals surface area contributed by atoms with Gasteiger partial charge in [-0.05, 0) is 74.4 Å². The van der Waals surface area contributed by atoms with Crippen molar-refractivity contribution >= 4 is 51.0 Å². The molecule has 0 spiro atoms. The Labute approximate surface area is 310 Å². The number of rotatable bonds is 11. The molecular formula is C36H44Cl2N6O6S. The van der Waals surface area contributed by atoms with Crippen LogP contribution in [0.4, 0.5) is 4.79 Å². The molecule has 0 unspecified atom stereocenters. The third kappa shape index (κ3) is 8.34. The fourth-order valence-corrected chi connectivity index (χ4v) is 7.32. The van der Waals surface area contributed by atoms with Crippen molar-refractivity contribution in [1.82, 2.24) is 24.1 Å². The van der Waals surface area contributed by atoms with E-state index in [2.05, 4.69) is 0 Å². The molecule has 1 fully saturated rings. The number of hydrogen-bond acceptors (Lipinski definition) is 8. The second-order valence-electron chi connectivity index (χ2n) is 12.6. The van der Waals surface area contributed by atoms with E-state index in [-0.39, 0.29) is 41.9 Å². The average Bonchev–Trinajstić information content (AvgIpc) is 3.52.